The van der Waals surface area contributed by atoms with Crippen LogP contribution in [0, 0.1) is 26.6 Å². The van der Waals surface area contributed by atoms with E-state index in [0.29, 0.717) is 5.56 Å². The molecule has 1 atom stereocenters. The summed E-state index contributed by atoms with van der Waals surface area (Å²) in [5.74, 6) is -1.82. The smallest absolute Gasteiger partial charge is 0.313 e. The number of hydrogen-bond acceptors (Lipinski definition) is 7. The molecule has 1 aromatic rings. The van der Waals surface area contributed by atoms with Gasteiger partial charge in [0.05, 0.1) is 39.5 Å². The van der Waals surface area contributed by atoms with Crippen LogP contribution < -0.4 is 4.74 Å². The van der Waals surface area contributed by atoms with E-state index in [2.05, 4.69) is 0 Å². The number of carbonyl (C=O) groups is 1. The summed E-state index contributed by atoms with van der Waals surface area (Å²) in [5, 5.41) is 8.52. The predicted octanol–water partition coefficient (Wildman–Crippen LogP) is 1.31. The van der Waals surface area contributed by atoms with Crippen molar-refractivity contribution in [2.24, 2.45) is 0 Å². The third-order valence-corrected chi connectivity index (χ3v) is 4.50. The SMILES string of the molecule is Cc1c(C)c(S(=O)[O-])c(C)c(F)c1OC(=O)CCOCCOCCO. The molecule has 142 valence electrons. The molecule has 7 nitrogen and oxygen atoms in total. The fraction of sp³-hybridized carbons (Fsp3) is 0.562. The number of halogens is 1. The van der Waals surface area contributed by atoms with Crippen molar-refractivity contribution < 1.29 is 37.3 Å². The Kier molecular flexibility index (Phi) is 9.15. The summed E-state index contributed by atoms with van der Waals surface area (Å²) in [5.41, 5.74) is 0.512. The van der Waals surface area contributed by atoms with Crippen molar-refractivity contribution in [2.45, 2.75) is 32.1 Å². The van der Waals surface area contributed by atoms with E-state index in [1.54, 1.807) is 0 Å². The molecule has 1 rings (SSSR count). The molecule has 0 heterocycles. The zero-order valence-electron chi connectivity index (χ0n) is 14.4. The molecule has 1 N–H and O–H groups in total. The van der Waals surface area contributed by atoms with Gasteiger partial charge in [0.25, 0.3) is 0 Å². The average Bonchev–Trinajstić information content (AvgIpc) is 2.56. The van der Waals surface area contributed by atoms with Crippen LogP contribution in [0.3, 0.4) is 0 Å². The highest BCUT2D eigenvalue weighted by molar-refractivity contribution is 7.79. The third-order valence-electron chi connectivity index (χ3n) is 3.55. The summed E-state index contributed by atoms with van der Waals surface area (Å²) in [4.78, 5) is 11.7. The summed E-state index contributed by atoms with van der Waals surface area (Å²) >= 11 is -2.58. The maximum absolute atomic E-state index is 14.4. The molecule has 0 saturated heterocycles. The van der Waals surface area contributed by atoms with Crippen molar-refractivity contribution in [1.82, 2.24) is 0 Å². The Morgan fingerprint density at radius 3 is 2.24 bits per heavy atom. The van der Waals surface area contributed by atoms with Gasteiger partial charge in [0, 0.05) is 10.5 Å². The Bertz CT molecular complexity index is 604. The van der Waals surface area contributed by atoms with Crippen molar-refractivity contribution in [3.63, 3.8) is 0 Å². The fourth-order valence-electron chi connectivity index (χ4n) is 2.13. The molecule has 0 radical (unpaired) electrons. The molecule has 0 aliphatic rings. The van der Waals surface area contributed by atoms with Gasteiger partial charge in [0.1, 0.15) is 0 Å². The van der Waals surface area contributed by atoms with Gasteiger partial charge >= 0.3 is 5.97 Å². The predicted molar refractivity (Wildman–Crippen MR) is 86.8 cm³/mol. The molecule has 0 fully saturated rings. The average molecular weight is 377 g/mol. The van der Waals surface area contributed by atoms with E-state index in [0.717, 1.165) is 0 Å². The molecule has 0 saturated carbocycles. The lowest BCUT2D eigenvalue weighted by molar-refractivity contribution is -0.136. The standard InChI is InChI=1S/C16H23FO7S/c1-10-11(2)16(25(20)21)12(3)14(17)15(10)24-13(19)4-6-22-8-9-23-7-5-18/h18H,4-9H2,1-3H3,(H,20,21)/p-1. The second kappa shape index (κ2) is 10.6. The second-order valence-corrected chi connectivity index (χ2v) is 6.13. The zero-order chi connectivity index (χ0) is 19.0. The molecule has 0 spiro atoms. The lowest BCUT2D eigenvalue weighted by Gasteiger charge is -2.19. The molecule has 9 heteroatoms. The Balaban J connectivity index is 2.65. The van der Waals surface area contributed by atoms with E-state index in [1.807, 2.05) is 0 Å². The lowest BCUT2D eigenvalue weighted by Crippen LogP contribution is -2.16. The normalized spacial score (nSPS) is 12.2. The van der Waals surface area contributed by atoms with Gasteiger partial charge in [-0.05, 0) is 43.0 Å². The zero-order valence-corrected chi connectivity index (χ0v) is 15.2. The summed E-state index contributed by atoms with van der Waals surface area (Å²) in [6.07, 6.45) is -0.0911. The topological polar surface area (TPSA) is 105 Å². The molecule has 1 unspecified atom stereocenters. The van der Waals surface area contributed by atoms with Crippen LogP contribution >= 0.6 is 0 Å². The van der Waals surface area contributed by atoms with E-state index in [9.17, 15) is 17.9 Å². The van der Waals surface area contributed by atoms with Crippen LogP contribution in [0.15, 0.2) is 4.90 Å². The summed E-state index contributed by atoms with van der Waals surface area (Å²) in [6.45, 7) is 5.09. The van der Waals surface area contributed by atoms with E-state index in [1.165, 1.54) is 20.8 Å². The van der Waals surface area contributed by atoms with E-state index < -0.39 is 22.9 Å². The van der Waals surface area contributed by atoms with Gasteiger partial charge < -0.3 is 23.9 Å². The van der Waals surface area contributed by atoms with Crippen LogP contribution in [0.4, 0.5) is 4.39 Å². The number of esters is 1. The lowest BCUT2D eigenvalue weighted by atomic mass is 10.0. The minimum atomic E-state index is -2.58. The van der Waals surface area contributed by atoms with Crippen LogP contribution in [0.25, 0.3) is 0 Å². The van der Waals surface area contributed by atoms with Crippen molar-refractivity contribution in [2.75, 3.05) is 33.0 Å². The summed E-state index contributed by atoms with van der Waals surface area (Å²) in [6, 6.07) is 0. The maximum Gasteiger partial charge on any atom is 0.313 e. The Labute approximate surface area is 148 Å². The molecule has 0 amide bonds. The first-order valence-electron chi connectivity index (χ1n) is 7.66. The Hall–Kier alpha value is -1.39. The fourth-order valence-corrected chi connectivity index (χ4v) is 2.88. The highest BCUT2D eigenvalue weighted by Crippen LogP contribution is 2.33. The van der Waals surface area contributed by atoms with E-state index >= 15 is 0 Å². The van der Waals surface area contributed by atoms with E-state index in [-0.39, 0.29) is 61.2 Å². The number of ether oxygens (including phenoxy) is 3. The first-order chi connectivity index (χ1) is 11.8. The van der Waals surface area contributed by atoms with Gasteiger partial charge in [-0.3, -0.25) is 9.00 Å². The van der Waals surface area contributed by atoms with E-state index in [4.69, 9.17) is 19.3 Å². The number of hydrogen-bond donors (Lipinski definition) is 1. The summed E-state index contributed by atoms with van der Waals surface area (Å²) in [7, 11) is 0. The first-order valence-corrected chi connectivity index (χ1v) is 8.74. The third kappa shape index (κ3) is 6.12. The number of aliphatic hydroxyl groups is 1. The number of aliphatic hydroxyl groups excluding tert-OH is 1. The van der Waals surface area contributed by atoms with Gasteiger partial charge in [-0.1, -0.05) is 0 Å². The van der Waals surface area contributed by atoms with Crippen LogP contribution in [-0.2, 0) is 25.3 Å². The molecule has 0 bridgehead atoms. The monoisotopic (exact) mass is 377 g/mol. The number of rotatable bonds is 10. The van der Waals surface area contributed by atoms with Gasteiger partial charge in [-0.15, -0.1) is 0 Å². The molecule has 0 aromatic heterocycles. The molecule has 0 aliphatic carbocycles. The molecule has 0 aliphatic heterocycles. The maximum atomic E-state index is 14.4. The van der Waals surface area contributed by atoms with Crippen molar-refractivity contribution in [3.8, 4) is 5.75 Å². The molecular weight excluding hydrogens is 355 g/mol. The van der Waals surface area contributed by atoms with Crippen LogP contribution in [0.2, 0.25) is 0 Å². The first kappa shape index (κ1) is 21.7. The van der Waals surface area contributed by atoms with Gasteiger partial charge in [0.2, 0.25) is 0 Å². The number of benzene rings is 1. The van der Waals surface area contributed by atoms with Gasteiger partial charge in [-0.25, -0.2) is 4.39 Å². The van der Waals surface area contributed by atoms with Crippen molar-refractivity contribution in [3.05, 3.63) is 22.5 Å². The summed E-state index contributed by atoms with van der Waals surface area (Å²) < 4.78 is 52.0. The second-order valence-electron chi connectivity index (χ2n) is 5.25. The van der Waals surface area contributed by atoms with Crippen molar-refractivity contribution in [1.29, 1.82) is 0 Å². The van der Waals surface area contributed by atoms with Crippen molar-refractivity contribution >= 4 is 17.0 Å². The Morgan fingerprint density at radius 1 is 1.08 bits per heavy atom. The van der Waals surface area contributed by atoms with Crippen LogP contribution in [0.1, 0.15) is 23.1 Å². The molecule has 25 heavy (non-hydrogen) atoms. The number of carbonyl (C=O) groups excluding carboxylic acids is 1. The van der Waals surface area contributed by atoms with Gasteiger partial charge in [0.15, 0.2) is 11.6 Å². The molecular formula is C16H22FO7S-. The molecule has 1 aromatic carbocycles. The van der Waals surface area contributed by atoms with Crippen LogP contribution in [0.5, 0.6) is 5.75 Å². The highest BCUT2D eigenvalue weighted by atomic mass is 32.2. The highest BCUT2D eigenvalue weighted by Gasteiger charge is 2.21. The van der Waals surface area contributed by atoms with Crippen LogP contribution in [-0.4, -0.2) is 52.9 Å². The minimum absolute atomic E-state index is 0.0720. The minimum Gasteiger partial charge on any atom is -0.768 e. The Morgan fingerprint density at radius 2 is 1.68 bits per heavy atom. The van der Waals surface area contributed by atoms with Gasteiger partial charge in [-0.2, -0.15) is 0 Å². The quantitative estimate of drug-likeness (QED) is 0.284. The largest absolute Gasteiger partial charge is 0.768 e.